The summed E-state index contributed by atoms with van der Waals surface area (Å²) in [6.07, 6.45) is 3.61. The largest absolute Gasteiger partial charge is 0.355 e. The molecule has 0 spiro atoms. The Labute approximate surface area is 175 Å². The van der Waals surface area contributed by atoms with Crippen LogP contribution >= 0.6 is 23.2 Å². The van der Waals surface area contributed by atoms with Crippen LogP contribution < -0.4 is 16.4 Å². The van der Waals surface area contributed by atoms with Crippen LogP contribution in [0.15, 0.2) is 48.5 Å². The molecule has 1 aliphatic carbocycles. The molecule has 0 aromatic heterocycles. The molecule has 2 aliphatic rings. The number of carbonyl (C=O) groups is 1. The molecule has 4 N–H and O–H groups in total. The second-order valence-corrected chi connectivity index (χ2v) is 8.83. The predicted molar refractivity (Wildman–Crippen MR) is 114 cm³/mol. The Morgan fingerprint density at radius 3 is 2.57 bits per heavy atom. The Kier molecular flexibility index (Phi) is 5.66. The van der Waals surface area contributed by atoms with Crippen molar-refractivity contribution in [3.8, 4) is 0 Å². The molecular formula is C22H25Cl2N3O. The molecule has 6 heteroatoms. The van der Waals surface area contributed by atoms with Gasteiger partial charge in [0.2, 0.25) is 5.91 Å². The fourth-order valence-corrected chi connectivity index (χ4v) is 4.52. The Hall–Kier alpha value is -1.59. The van der Waals surface area contributed by atoms with E-state index in [2.05, 4.69) is 10.6 Å². The lowest BCUT2D eigenvalue weighted by Crippen LogP contribution is -2.47. The Morgan fingerprint density at radius 1 is 1.14 bits per heavy atom. The highest BCUT2D eigenvalue weighted by Crippen LogP contribution is 2.42. The molecule has 0 unspecified atom stereocenters. The third-order valence-electron chi connectivity index (χ3n) is 5.92. The van der Waals surface area contributed by atoms with E-state index >= 15 is 0 Å². The summed E-state index contributed by atoms with van der Waals surface area (Å²) in [6, 6.07) is 14.8. The van der Waals surface area contributed by atoms with E-state index in [1.54, 1.807) is 0 Å². The number of nitrogens with two attached hydrogens (primary N) is 1. The summed E-state index contributed by atoms with van der Waals surface area (Å²) in [5.74, 6) is 0.531. The number of halogens is 2. The molecule has 28 heavy (non-hydrogen) atoms. The van der Waals surface area contributed by atoms with Gasteiger partial charge in [-0.15, -0.1) is 0 Å². The molecule has 3 atom stereocenters. The Bertz CT molecular complexity index is 853. The summed E-state index contributed by atoms with van der Waals surface area (Å²) >= 11 is 12.3. The van der Waals surface area contributed by atoms with Gasteiger partial charge in [0.25, 0.3) is 0 Å². The van der Waals surface area contributed by atoms with Crippen LogP contribution in [0.25, 0.3) is 0 Å². The van der Waals surface area contributed by atoms with Gasteiger partial charge in [0.15, 0.2) is 0 Å². The molecule has 1 saturated heterocycles. The molecule has 0 bridgehead atoms. The van der Waals surface area contributed by atoms with Crippen LogP contribution in [0, 0.1) is 5.92 Å². The van der Waals surface area contributed by atoms with Gasteiger partial charge in [0.05, 0.1) is 11.6 Å². The van der Waals surface area contributed by atoms with Crippen molar-refractivity contribution in [1.29, 1.82) is 0 Å². The van der Waals surface area contributed by atoms with Gasteiger partial charge in [-0.1, -0.05) is 60.3 Å². The molecule has 1 saturated carbocycles. The van der Waals surface area contributed by atoms with Gasteiger partial charge >= 0.3 is 0 Å². The van der Waals surface area contributed by atoms with Crippen molar-refractivity contribution in [2.45, 2.75) is 36.8 Å². The number of rotatable bonds is 6. The maximum absolute atomic E-state index is 13.0. The fraction of sp³-hybridized carbons (Fsp3) is 0.409. The molecule has 2 aromatic rings. The predicted octanol–water partition coefficient (Wildman–Crippen LogP) is 3.82. The van der Waals surface area contributed by atoms with Crippen LogP contribution in [-0.4, -0.2) is 25.0 Å². The van der Waals surface area contributed by atoms with E-state index in [0.717, 1.165) is 23.5 Å². The van der Waals surface area contributed by atoms with Crippen molar-refractivity contribution in [3.05, 3.63) is 69.7 Å². The molecule has 4 rings (SSSR count). The minimum atomic E-state index is -0.742. The summed E-state index contributed by atoms with van der Waals surface area (Å²) in [6.45, 7) is 1.20. The van der Waals surface area contributed by atoms with Crippen LogP contribution in [0.4, 0.5) is 0 Å². The first-order valence-corrected chi connectivity index (χ1v) is 10.5. The van der Waals surface area contributed by atoms with Crippen molar-refractivity contribution < 1.29 is 4.79 Å². The van der Waals surface area contributed by atoms with E-state index in [9.17, 15) is 4.79 Å². The van der Waals surface area contributed by atoms with Crippen molar-refractivity contribution in [1.82, 2.24) is 10.6 Å². The Morgan fingerprint density at radius 2 is 1.89 bits per heavy atom. The number of amides is 1. The van der Waals surface area contributed by atoms with Crippen LogP contribution in [0.1, 0.15) is 36.3 Å². The highest BCUT2D eigenvalue weighted by molar-refractivity contribution is 6.30. The van der Waals surface area contributed by atoms with E-state index in [1.807, 2.05) is 48.5 Å². The maximum Gasteiger partial charge on any atom is 0.237 e. The molecule has 2 aromatic carbocycles. The third kappa shape index (κ3) is 4.06. The molecule has 2 fully saturated rings. The Balaban J connectivity index is 1.64. The minimum absolute atomic E-state index is 0.00749. The van der Waals surface area contributed by atoms with Crippen LogP contribution in [0.2, 0.25) is 10.0 Å². The van der Waals surface area contributed by atoms with Crippen molar-refractivity contribution in [2.75, 3.05) is 13.1 Å². The summed E-state index contributed by atoms with van der Waals surface area (Å²) in [7, 11) is 0. The number of hydrogen-bond donors (Lipinski definition) is 3. The topological polar surface area (TPSA) is 67.1 Å². The number of benzene rings is 2. The van der Waals surface area contributed by atoms with Gasteiger partial charge in [-0.25, -0.2) is 0 Å². The SMILES string of the molecule is N[C@]1(c2ccc(Cl)cc2)CN[C@@H](C(=O)NCCC2CC2)[C@@H]1c1cccc(Cl)c1. The lowest BCUT2D eigenvalue weighted by molar-refractivity contribution is -0.123. The number of hydrogen-bond acceptors (Lipinski definition) is 3. The number of carbonyl (C=O) groups excluding carboxylic acids is 1. The van der Waals surface area contributed by atoms with E-state index in [-0.39, 0.29) is 11.8 Å². The quantitative estimate of drug-likeness (QED) is 0.668. The third-order valence-corrected chi connectivity index (χ3v) is 6.41. The molecule has 1 amide bonds. The van der Waals surface area contributed by atoms with Crippen molar-refractivity contribution in [3.63, 3.8) is 0 Å². The molecule has 1 aliphatic heterocycles. The smallest absolute Gasteiger partial charge is 0.237 e. The number of nitrogens with one attached hydrogen (secondary N) is 2. The van der Waals surface area contributed by atoms with Crippen molar-refractivity contribution >= 4 is 29.1 Å². The summed E-state index contributed by atoms with van der Waals surface area (Å²) in [5.41, 5.74) is 8.10. The molecular weight excluding hydrogens is 393 g/mol. The molecule has 148 valence electrons. The summed E-state index contributed by atoms with van der Waals surface area (Å²) < 4.78 is 0. The van der Waals surface area contributed by atoms with Crippen LogP contribution in [-0.2, 0) is 10.3 Å². The highest BCUT2D eigenvalue weighted by Gasteiger charge is 2.50. The average Bonchev–Trinajstić information content (AvgIpc) is 3.43. The lowest BCUT2D eigenvalue weighted by Gasteiger charge is -2.33. The maximum atomic E-state index is 13.0. The van der Waals surface area contributed by atoms with Gasteiger partial charge in [-0.05, 0) is 47.7 Å². The minimum Gasteiger partial charge on any atom is -0.355 e. The molecule has 1 heterocycles. The van der Waals surface area contributed by atoms with Gasteiger partial charge < -0.3 is 16.4 Å². The zero-order chi connectivity index (χ0) is 19.7. The van der Waals surface area contributed by atoms with Gasteiger partial charge in [-0.3, -0.25) is 4.79 Å². The van der Waals surface area contributed by atoms with Crippen LogP contribution in [0.3, 0.4) is 0 Å². The fourth-order valence-electron chi connectivity index (χ4n) is 4.20. The second kappa shape index (κ2) is 8.03. The average molecular weight is 418 g/mol. The van der Waals surface area contributed by atoms with E-state index in [4.69, 9.17) is 28.9 Å². The summed E-state index contributed by atoms with van der Waals surface area (Å²) in [4.78, 5) is 13.0. The summed E-state index contributed by atoms with van der Waals surface area (Å²) in [5, 5.41) is 7.76. The van der Waals surface area contributed by atoms with Crippen LogP contribution in [0.5, 0.6) is 0 Å². The first-order chi connectivity index (χ1) is 13.5. The normalized spacial score (nSPS) is 27.0. The zero-order valence-corrected chi connectivity index (χ0v) is 17.1. The monoisotopic (exact) mass is 417 g/mol. The zero-order valence-electron chi connectivity index (χ0n) is 15.6. The lowest BCUT2D eigenvalue weighted by atomic mass is 9.74. The van der Waals surface area contributed by atoms with Gasteiger partial charge in [0, 0.05) is 29.1 Å². The first kappa shape index (κ1) is 19.7. The standard InChI is InChI=1S/C22H25Cl2N3O/c23-17-8-6-16(7-9-17)22(25)13-27-20(21(28)26-11-10-14-4-5-14)19(22)15-2-1-3-18(24)12-15/h1-3,6-9,12,14,19-20,27H,4-5,10-11,13,25H2,(H,26,28)/t19-,20+,22-/m0/s1. The van der Waals surface area contributed by atoms with Crippen molar-refractivity contribution in [2.24, 2.45) is 11.7 Å². The second-order valence-electron chi connectivity index (χ2n) is 7.96. The van der Waals surface area contributed by atoms with E-state index < -0.39 is 11.6 Å². The van der Waals surface area contributed by atoms with Gasteiger partial charge in [-0.2, -0.15) is 0 Å². The first-order valence-electron chi connectivity index (χ1n) is 9.79. The molecule has 0 radical (unpaired) electrons. The van der Waals surface area contributed by atoms with Gasteiger partial charge in [0.1, 0.15) is 0 Å². The van der Waals surface area contributed by atoms with E-state index in [0.29, 0.717) is 23.1 Å². The highest BCUT2D eigenvalue weighted by atomic mass is 35.5. The van der Waals surface area contributed by atoms with E-state index in [1.165, 1.54) is 12.8 Å². The molecule has 4 nitrogen and oxygen atoms in total.